The number of anilines is 1. The quantitative estimate of drug-likeness (QED) is 0.793. The molecule has 5 nitrogen and oxygen atoms in total. The predicted octanol–water partition coefficient (Wildman–Crippen LogP) is 3.20. The van der Waals surface area contributed by atoms with Crippen LogP contribution in [0.2, 0.25) is 0 Å². The highest BCUT2D eigenvalue weighted by atomic mass is 16.5. The molecule has 2 aromatic rings. The van der Waals surface area contributed by atoms with E-state index in [1.807, 2.05) is 18.2 Å². The van der Waals surface area contributed by atoms with Crippen molar-refractivity contribution in [2.45, 2.75) is 25.9 Å². The molecule has 24 heavy (non-hydrogen) atoms. The van der Waals surface area contributed by atoms with E-state index in [9.17, 15) is 9.59 Å². The van der Waals surface area contributed by atoms with Crippen LogP contribution in [-0.4, -0.2) is 25.1 Å². The first-order chi connectivity index (χ1) is 11.6. The number of ether oxygens (including phenoxy) is 2. The molecule has 0 aliphatic rings. The average molecular weight is 327 g/mol. The Hall–Kier alpha value is -2.82. The van der Waals surface area contributed by atoms with Crippen LogP contribution in [0.25, 0.3) is 0 Å². The molecule has 5 heteroatoms. The number of benzene rings is 2. The van der Waals surface area contributed by atoms with Crippen molar-refractivity contribution in [3.05, 3.63) is 60.2 Å². The number of carbonyl (C=O) groups is 2. The fraction of sp³-hybridized carbons (Fsp3) is 0.263. The zero-order valence-corrected chi connectivity index (χ0v) is 13.8. The maximum atomic E-state index is 12.2. The molecule has 0 heterocycles. The van der Waals surface area contributed by atoms with Crippen LogP contribution < -0.4 is 10.1 Å². The lowest BCUT2D eigenvalue weighted by molar-refractivity contribution is -0.153. The summed E-state index contributed by atoms with van der Waals surface area (Å²) in [7, 11) is 1.58. The Morgan fingerprint density at radius 1 is 1.04 bits per heavy atom. The van der Waals surface area contributed by atoms with E-state index in [-0.39, 0.29) is 12.3 Å². The number of carbonyl (C=O) groups excluding carboxylic acids is 2. The Morgan fingerprint density at radius 3 is 2.29 bits per heavy atom. The summed E-state index contributed by atoms with van der Waals surface area (Å²) in [5, 5.41) is 2.74. The first kappa shape index (κ1) is 17.5. The summed E-state index contributed by atoms with van der Waals surface area (Å²) in [5.41, 5.74) is 1.48. The van der Waals surface area contributed by atoms with Crippen molar-refractivity contribution in [1.82, 2.24) is 0 Å². The van der Waals surface area contributed by atoms with Crippen molar-refractivity contribution in [3.8, 4) is 5.75 Å². The Morgan fingerprint density at radius 2 is 1.71 bits per heavy atom. The number of nitrogens with one attached hydrogen (secondary N) is 1. The zero-order valence-electron chi connectivity index (χ0n) is 13.8. The van der Waals surface area contributed by atoms with Crippen LogP contribution >= 0.6 is 0 Å². The lowest BCUT2D eigenvalue weighted by Crippen LogP contribution is -2.32. The summed E-state index contributed by atoms with van der Waals surface area (Å²) < 4.78 is 10.4. The fourth-order valence-electron chi connectivity index (χ4n) is 2.18. The molecule has 0 saturated heterocycles. The van der Waals surface area contributed by atoms with Gasteiger partial charge in [0.15, 0.2) is 6.10 Å². The van der Waals surface area contributed by atoms with Crippen LogP contribution in [0, 0.1) is 0 Å². The average Bonchev–Trinajstić information content (AvgIpc) is 2.61. The SMILES string of the molecule is CC[C@@H](OC(=O)Cc1ccc(OC)cc1)C(=O)Nc1ccccc1. The number of esters is 1. The van der Waals surface area contributed by atoms with Crippen molar-refractivity contribution in [1.29, 1.82) is 0 Å². The normalized spacial score (nSPS) is 11.4. The molecule has 0 aliphatic heterocycles. The number of hydrogen-bond acceptors (Lipinski definition) is 4. The maximum Gasteiger partial charge on any atom is 0.311 e. The molecule has 0 bridgehead atoms. The number of rotatable bonds is 7. The molecule has 0 spiro atoms. The van der Waals surface area contributed by atoms with Crippen LogP contribution in [0.4, 0.5) is 5.69 Å². The second-order valence-electron chi connectivity index (χ2n) is 5.27. The van der Waals surface area contributed by atoms with Gasteiger partial charge in [-0.25, -0.2) is 0 Å². The summed E-state index contributed by atoms with van der Waals surface area (Å²) in [5.74, 6) is -0.0391. The predicted molar refractivity (Wildman–Crippen MR) is 91.9 cm³/mol. The molecule has 0 aliphatic carbocycles. The zero-order chi connectivity index (χ0) is 17.4. The van der Waals surface area contributed by atoms with E-state index in [4.69, 9.17) is 9.47 Å². The van der Waals surface area contributed by atoms with Crippen molar-refractivity contribution in [2.24, 2.45) is 0 Å². The van der Waals surface area contributed by atoms with Crippen molar-refractivity contribution >= 4 is 17.6 Å². The molecule has 0 radical (unpaired) electrons. The standard InChI is InChI=1S/C19H21NO4/c1-3-17(19(22)20-15-7-5-4-6-8-15)24-18(21)13-14-9-11-16(23-2)12-10-14/h4-12,17H,3,13H2,1-2H3,(H,20,22)/t17-/m1/s1. The van der Waals surface area contributed by atoms with E-state index in [1.54, 1.807) is 50.4 Å². The largest absolute Gasteiger partial charge is 0.497 e. The number of hydrogen-bond donors (Lipinski definition) is 1. The lowest BCUT2D eigenvalue weighted by Gasteiger charge is -2.16. The minimum absolute atomic E-state index is 0.110. The van der Waals surface area contributed by atoms with Gasteiger partial charge in [-0.2, -0.15) is 0 Å². The second-order valence-corrected chi connectivity index (χ2v) is 5.27. The summed E-state index contributed by atoms with van der Waals surface area (Å²) in [6.45, 7) is 1.80. The summed E-state index contributed by atoms with van der Waals surface area (Å²) in [6.07, 6.45) is -0.289. The third-order valence-electron chi connectivity index (χ3n) is 3.49. The topological polar surface area (TPSA) is 64.6 Å². The molecular formula is C19H21NO4. The van der Waals surface area contributed by atoms with E-state index in [0.717, 1.165) is 11.3 Å². The molecule has 1 N–H and O–H groups in total. The molecule has 126 valence electrons. The smallest absolute Gasteiger partial charge is 0.311 e. The summed E-state index contributed by atoms with van der Waals surface area (Å²) in [6, 6.07) is 16.2. The highest BCUT2D eigenvalue weighted by molar-refractivity contribution is 5.95. The minimum Gasteiger partial charge on any atom is -0.497 e. The monoisotopic (exact) mass is 327 g/mol. The summed E-state index contributed by atoms with van der Waals surface area (Å²) >= 11 is 0. The lowest BCUT2D eigenvalue weighted by atomic mass is 10.1. The second kappa shape index (κ2) is 8.72. The highest BCUT2D eigenvalue weighted by Crippen LogP contribution is 2.13. The Bertz CT molecular complexity index is 668. The van der Waals surface area contributed by atoms with Gasteiger partial charge in [0.25, 0.3) is 5.91 Å². The fourth-order valence-corrected chi connectivity index (χ4v) is 2.18. The van der Waals surface area contributed by atoms with Crippen molar-refractivity contribution in [3.63, 3.8) is 0 Å². The van der Waals surface area contributed by atoms with Gasteiger partial charge in [-0.3, -0.25) is 9.59 Å². The van der Waals surface area contributed by atoms with E-state index in [2.05, 4.69) is 5.32 Å². The van der Waals surface area contributed by atoms with Gasteiger partial charge < -0.3 is 14.8 Å². The first-order valence-electron chi connectivity index (χ1n) is 7.80. The van der Waals surface area contributed by atoms with Gasteiger partial charge in [-0.1, -0.05) is 37.3 Å². The Balaban J connectivity index is 1.90. The first-order valence-corrected chi connectivity index (χ1v) is 7.80. The maximum absolute atomic E-state index is 12.2. The van der Waals surface area contributed by atoms with Crippen LogP contribution in [-0.2, 0) is 20.7 Å². The number of amides is 1. The van der Waals surface area contributed by atoms with Gasteiger partial charge in [0, 0.05) is 5.69 Å². The van der Waals surface area contributed by atoms with E-state index in [0.29, 0.717) is 12.1 Å². The molecule has 1 amide bonds. The van der Waals surface area contributed by atoms with Crippen molar-refractivity contribution in [2.75, 3.05) is 12.4 Å². The molecule has 0 saturated carbocycles. The number of para-hydroxylation sites is 1. The minimum atomic E-state index is -0.809. The molecule has 0 aromatic heterocycles. The third-order valence-corrected chi connectivity index (χ3v) is 3.49. The van der Waals surface area contributed by atoms with Gasteiger partial charge in [-0.15, -0.1) is 0 Å². The third kappa shape index (κ3) is 5.12. The Kier molecular flexibility index (Phi) is 6.37. The molecule has 0 unspecified atom stereocenters. The van der Waals surface area contributed by atoms with Crippen LogP contribution in [0.3, 0.4) is 0 Å². The van der Waals surface area contributed by atoms with Gasteiger partial charge in [0.1, 0.15) is 5.75 Å². The molecular weight excluding hydrogens is 306 g/mol. The van der Waals surface area contributed by atoms with Gasteiger partial charge >= 0.3 is 5.97 Å². The van der Waals surface area contributed by atoms with Gasteiger partial charge in [-0.05, 0) is 36.2 Å². The van der Waals surface area contributed by atoms with Crippen LogP contribution in [0.15, 0.2) is 54.6 Å². The summed E-state index contributed by atoms with van der Waals surface area (Å²) in [4.78, 5) is 24.3. The van der Waals surface area contributed by atoms with Crippen LogP contribution in [0.1, 0.15) is 18.9 Å². The van der Waals surface area contributed by atoms with Crippen molar-refractivity contribution < 1.29 is 19.1 Å². The van der Waals surface area contributed by atoms with E-state index < -0.39 is 12.1 Å². The van der Waals surface area contributed by atoms with E-state index in [1.165, 1.54) is 0 Å². The van der Waals surface area contributed by atoms with E-state index >= 15 is 0 Å². The molecule has 1 atom stereocenters. The number of methoxy groups -OCH3 is 1. The van der Waals surface area contributed by atoms with Crippen LogP contribution in [0.5, 0.6) is 5.75 Å². The van der Waals surface area contributed by atoms with Gasteiger partial charge in [0.2, 0.25) is 0 Å². The Labute approximate surface area is 141 Å². The van der Waals surface area contributed by atoms with Gasteiger partial charge in [0.05, 0.1) is 13.5 Å². The molecule has 2 aromatic carbocycles. The molecule has 0 fully saturated rings. The molecule has 2 rings (SSSR count). The highest BCUT2D eigenvalue weighted by Gasteiger charge is 2.21.